The maximum absolute atomic E-state index is 13.8. The molecule has 2 amide bonds. The number of ether oxygens (including phenoxy) is 1. The van der Waals surface area contributed by atoms with Crippen molar-refractivity contribution in [3.05, 3.63) is 70.8 Å². The third-order valence-electron chi connectivity index (χ3n) is 6.63. The van der Waals surface area contributed by atoms with Crippen molar-refractivity contribution in [1.29, 1.82) is 0 Å². The predicted octanol–water partition coefficient (Wildman–Crippen LogP) is 3.44. The minimum absolute atomic E-state index is 0.177. The Kier molecular flexibility index (Phi) is 5.35. The second-order valence-electron chi connectivity index (χ2n) is 8.36. The molecule has 164 valence electrons. The Hall–Kier alpha value is -2.96. The molecule has 2 saturated heterocycles. The molecular formula is C25H23ClN2O4. The first-order chi connectivity index (χ1) is 15.5. The van der Waals surface area contributed by atoms with Gasteiger partial charge in [-0.15, -0.1) is 0 Å². The van der Waals surface area contributed by atoms with Crippen LogP contribution in [0.4, 0.5) is 5.69 Å². The largest absolute Gasteiger partial charge is 0.385 e. The molecule has 6 nitrogen and oxygen atoms in total. The van der Waals surface area contributed by atoms with Crippen molar-refractivity contribution >= 4 is 41.0 Å². The number of methoxy groups -OCH3 is 1. The Balaban J connectivity index is 1.58. The Morgan fingerprint density at radius 2 is 1.75 bits per heavy atom. The normalized spacial score (nSPS) is 25.7. The first-order valence-corrected chi connectivity index (χ1v) is 11.1. The number of benzene rings is 2. The van der Waals surface area contributed by atoms with Gasteiger partial charge in [0, 0.05) is 36.5 Å². The van der Waals surface area contributed by atoms with Crippen LogP contribution in [0.3, 0.4) is 0 Å². The van der Waals surface area contributed by atoms with Gasteiger partial charge in [-0.25, -0.2) is 0 Å². The second kappa shape index (κ2) is 8.19. The molecule has 4 atom stereocenters. The Morgan fingerprint density at radius 3 is 2.50 bits per heavy atom. The number of carbonyl (C=O) groups excluding carboxylic acids is 3. The highest BCUT2D eigenvalue weighted by Crippen LogP contribution is 2.49. The van der Waals surface area contributed by atoms with Crippen LogP contribution in [0, 0.1) is 11.8 Å². The molecule has 0 saturated carbocycles. The number of fused-ring (bicyclic) bond motifs is 5. The molecule has 2 aromatic rings. The highest BCUT2D eigenvalue weighted by atomic mass is 35.5. The molecule has 3 heterocycles. The van der Waals surface area contributed by atoms with Gasteiger partial charge in [-0.3, -0.25) is 19.3 Å². The van der Waals surface area contributed by atoms with Crippen LogP contribution in [0.25, 0.3) is 6.08 Å². The van der Waals surface area contributed by atoms with E-state index in [-0.39, 0.29) is 23.6 Å². The zero-order valence-corrected chi connectivity index (χ0v) is 18.4. The van der Waals surface area contributed by atoms with E-state index in [2.05, 4.69) is 0 Å². The van der Waals surface area contributed by atoms with Crippen molar-refractivity contribution in [2.45, 2.75) is 18.5 Å². The summed E-state index contributed by atoms with van der Waals surface area (Å²) in [5.74, 6) is -1.97. The van der Waals surface area contributed by atoms with Crippen LogP contribution in [0.15, 0.2) is 54.6 Å². The van der Waals surface area contributed by atoms with Crippen molar-refractivity contribution in [3.63, 3.8) is 0 Å². The smallest absolute Gasteiger partial charge is 0.235 e. The number of hydrogen-bond acceptors (Lipinski definition) is 5. The zero-order chi connectivity index (χ0) is 22.4. The van der Waals surface area contributed by atoms with Gasteiger partial charge in [-0.05, 0) is 42.3 Å². The lowest BCUT2D eigenvalue weighted by atomic mass is 9.86. The van der Waals surface area contributed by atoms with Gasteiger partial charge in [-0.2, -0.15) is 0 Å². The molecule has 0 spiro atoms. The number of para-hydroxylation sites is 1. The molecule has 3 aliphatic rings. The number of Topliss-reactive ketones (excluding diaryl/α,β-unsaturated/α-hetero) is 1. The van der Waals surface area contributed by atoms with Crippen LogP contribution in [-0.4, -0.2) is 54.8 Å². The molecule has 0 bridgehead atoms. The third-order valence-corrected chi connectivity index (χ3v) is 6.89. The minimum atomic E-state index is -0.763. The number of ketones is 1. The number of amides is 2. The summed E-state index contributed by atoms with van der Waals surface area (Å²) >= 11 is 6.02. The number of rotatable bonds is 6. The number of hydrogen-bond donors (Lipinski definition) is 0. The van der Waals surface area contributed by atoms with Gasteiger partial charge in [0.2, 0.25) is 11.8 Å². The number of imide groups is 1. The fourth-order valence-electron chi connectivity index (χ4n) is 5.25. The highest BCUT2D eigenvalue weighted by Gasteiger charge is 2.63. The molecule has 7 heteroatoms. The van der Waals surface area contributed by atoms with E-state index in [0.29, 0.717) is 30.2 Å². The molecule has 0 aromatic heterocycles. The quantitative estimate of drug-likeness (QED) is 0.383. The standard InChI is InChI=1S/C25H23ClN2O4/c1-32-14-4-13-27-24(30)20-19-12-9-15-5-2-3-6-18(15)28(19)22(21(20)25(27)31)23(29)16-7-10-17(26)11-8-16/h2-3,5-12,19-22H,4,13-14H2,1H3/t19-,20+,21+,22-/m0/s1. The van der Waals surface area contributed by atoms with E-state index < -0.39 is 17.9 Å². The first-order valence-electron chi connectivity index (χ1n) is 10.7. The van der Waals surface area contributed by atoms with Gasteiger partial charge in [0.25, 0.3) is 0 Å². The van der Waals surface area contributed by atoms with E-state index in [1.807, 2.05) is 41.3 Å². The molecule has 0 aliphatic carbocycles. The lowest BCUT2D eigenvalue weighted by molar-refractivity contribution is -0.140. The van der Waals surface area contributed by atoms with Crippen molar-refractivity contribution in [2.24, 2.45) is 11.8 Å². The van der Waals surface area contributed by atoms with Crippen molar-refractivity contribution < 1.29 is 19.1 Å². The molecule has 5 rings (SSSR count). The van der Waals surface area contributed by atoms with Gasteiger partial charge < -0.3 is 9.64 Å². The number of carbonyl (C=O) groups is 3. The SMILES string of the molecule is COCCCN1C(=O)[C@@H]2[C@H](C1=O)[C@@H]1C=Cc3ccccc3N1[C@@H]2C(=O)c1ccc(Cl)cc1. The van der Waals surface area contributed by atoms with Crippen LogP contribution < -0.4 is 4.90 Å². The maximum atomic E-state index is 13.8. The summed E-state index contributed by atoms with van der Waals surface area (Å²) in [6.07, 6.45) is 4.50. The molecule has 0 radical (unpaired) electrons. The lowest BCUT2D eigenvalue weighted by Crippen LogP contribution is -2.48. The summed E-state index contributed by atoms with van der Waals surface area (Å²) < 4.78 is 5.08. The van der Waals surface area contributed by atoms with Crippen LogP contribution in [-0.2, 0) is 14.3 Å². The average molecular weight is 451 g/mol. The number of anilines is 1. The number of halogens is 1. The molecule has 0 unspecified atom stereocenters. The van der Waals surface area contributed by atoms with E-state index in [4.69, 9.17) is 16.3 Å². The fourth-order valence-corrected chi connectivity index (χ4v) is 5.37. The number of nitrogens with zero attached hydrogens (tertiary/aromatic N) is 2. The van der Waals surface area contributed by atoms with Crippen molar-refractivity contribution in [3.8, 4) is 0 Å². The third kappa shape index (κ3) is 3.17. The fraction of sp³-hybridized carbons (Fsp3) is 0.320. The van der Waals surface area contributed by atoms with E-state index >= 15 is 0 Å². The lowest BCUT2D eigenvalue weighted by Gasteiger charge is -2.36. The van der Waals surface area contributed by atoms with E-state index in [9.17, 15) is 14.4 Å². The number of likely N-dealkylation sites (tertiary alicyclic amines) is 1. The molecule has 2 fully saturated rings. The van der Waals surface area contributed by atoms with Crippen LogP contribution in [0.2, 0.25) is 5.02 Å². The Labute approximate surface area is 191 Å². The van der Waals surface area contributed by atoms with Crippen molar-refractivity contribution in [2.75, 3.05) is 25.2 Å². The monoisotopic (exact) mass is 450 g/mol. The van der Waals surface area contributed by atoms with E-state index in [1.165, 1.54) is 4.90 Å². The summed E-state index contributed by atoms with van der Waals surface area (Å²) in [4.78, 5) is 43.9. The van der Waals surface area contributed by atoms with Crippen LogP contribution in [0.1, 0.15) is 22.3 Å². The Morgan fingerprint density at radius 1 is 1.03 bits per heavy atom. The first kappa shape index (κ1) is 20.9. The summed E-state index contributed by atoms with van der Waals surface area (Å²) in [6.45, 7) is 0.760. The molecule has 0 N–H and O–H groups in total. The zero-order valence-electron chi connectivity index (χ0n) is 17.6. The van der Waals surface area contributed by atoms with Crippen LogP contribution in [0.5, 0.6) is 0 Å². The molecule has 3 aliphatic heterocycles. The summed E-state index contributed by atoms with van der Waals surface area (Å²) in [7, 11) is 1.59. The van der Waals surface area contributed by atoms with Crippen molar-refractivity contribution in [1.82, 2.24) is 4.90 Å². The van der Waals surface area contributed by atoms with Gasteiger partial charge in [0.1, 0.15) is 6.04 Å². The average Bonchev–Trinajstić information content (AvgIpc) is 3.28. The molecule has 2 aromatic carbocycles. The van der Waals surface area contributed by atoms with Gasteiger partial charge in [0.15, 0.2) is 5.78 Å². The molecular weight excluding hydrogens is 428 g/mol. The summed E-state index contributed by atoms with van der Waals surface area (Å²) in [6, 6.07) is 13.3. The van der Waals surface area contributed by atoms with E-state index in [1.54, 1.807) is 31.4 Å². The topological polar surface area (TPSA) is 66.9 Å². The molecule has 32 heavy (non-hydrogen) atoms. The van der Waals surface area contributed by atoms with Gasteiger partial charge >= 0.3 is 0 Å². The summed E-state index contributed by atoms with van der Waals surface area (Å²) in [5.41, 5.74) is 2.31. The summed E-state index contributed by atoms with van der Waals surface area (Å²) in [5, 5.41) is 0.534. The minimum Gasteiger partial charge on any atom is -0.385 e. The highest BCUT2D eigenvalue weighted by molar-refractivity contribution is 6.30. The Bertz CT molecular complexity index is 1110. The second-order valence-corrected chi connectivity index (χ2v) is 8.79. The van der Waals surface area contributed by atoms with E-state index in [0.717, 1.165) is 11.3 Å². The van der Waals surface area contributed by atoms with Gasteiger partial charge in [-0.1, -0.05) is 42.0 Å². The van der Waals surface area contributed by atoms with Crippen LogP contribution >= 0.6 is 11.6 Å². The predicted molar refractivity (Wildman–Crippen MR) is 122 cm³/mol. The maximum Gasteiger partial charge on any atom is 0.235 e. The van der Waals surface area contributed by atoms with Gasteiger partial charge in [0.05, 0.1) is 17.9 Å².